The van der Waals surface area contributed by atoms with E-state index in [4.69, 9.17) is 20.1 Å². The molecule has 10 heteroatoms. The molecule has 7 nitrogen and oxygen atoms in total. The molecule has 0 aromatic carbocycles. The first kappa shape index (κ1) is 21.7. The fourth-order valence-corrected chi connectivity index (χ4v) is 2.06. The van der Waals surface area contributed by atoms with Gasteiger partial charge in [-0.1, -0.05) is 6.92 Å². The monoisotopic (exact) mass is 434 g/mol. The number of carboxylic acids is 1. The van der Waals surface area contributed by atoms with Gasteiger partial charge in [-0.15, -0.1) is 0 Å². The Kier molecular flexibility index (Phi) is 8.86. The zero-order valence-corrected chi connectivity index (χ0v) is 15.3. The Morgan fingerprint density at radius 1 is 1.27 bits per heavy atom. The van der Waals surface area contributed by atoms with E-state index < -0.39 is 19.0 Å². The van der Waals surface area contributed by atoms with Crippen molar-refractivity contribution < 1.29 is 33.6 Å². The van der Waals surface area contributed by atoms with Gasteiger partial charge in [0.25, 0.3) is 6.43 Å². The van der Waals surface area contributed by atoms with Gasteiger partial charge in [0, 0.05) is 0 Å². The number of pyridine rings is 2. The average Bonchev–Trinajstić information content (AvgIpc) is 2.62. The number of aliphatic hydroxyl groups is 1. The predicted molar refractivity (Wildman–Crippen MR) is 91.2 cm³/mol. The molecule has 0 saturated heterocycles. The van der Waals surface area contributed by atoms with Crippen molar-refractivity contribution in [3.63, 3.8) is 0 Å². The van der Waals surface area contributed by atoms with Crippen molar-refractivity contribution in [2.45, 2.75) is 26.4 Å². The summed E-state index contributed by atoms with van der Waals surface area (Å²) in [7, 11) is 0. The second kappa shape index (κ2) is 10.6. The smallest absolute Gasteiger partial charge is 0.341 e. The molecule has 0 saturated carbocycles. The van der Waals surface area contributed by atoms with Crippen molar-refractivity contribution in [2.75, 3.05) is 6.61 Å². The van der Waals surface area contributed by atoms with Gasteiger partial charge in [-0.25, -0.2) is 23.5 Å². The van der Waals surface area contributed by atoms with Crippen LogP contribution in [0.1, 0.15) is 30.4 Å². The van der Waals surface area contributed by atoms with E-state index >= 15 is 0 Å². The summed E-state index contributed by atoms with van der Waals surface area (Å²) in [5.41, 5.74) is 0.531. The molecule has 0 bridgehead atoms. The maximum atomic E-state index is 12.3. The van der Waals surface area contributed by atoms with Gasteiger partial charge >= 0.3 is 5.97 Å². The van der Waals surface area contributed by atoms with Crippen LogP contribution >= 0.6 is 15.9 Å². The zero-order chi connectivity index (χ0) is 19.7. The van der Waals surface area contributed by atoms with Crippen LogP contribution in [0.15, 0.2) is 28.9 Å². The molecule has 0 aliphatic heterocycles. The molecule has 26 heavy (non-hydrogen) atoms. The van der Waals surface area contributed by atoms with Gasteiger partial charge in [0.05, 0.1) is 18.0 Å². The molecule has 2 rings (SSSR count). The van der Waals surface area contributed by atoms with E-state index in [1.54, 1.807) is 13.0 Å². The van der Waals surface area contributed by atoms with Crippen molar-refractivity contribution in [3.05, 3.63) is 46.0 Å². The van der Waals surface area contributed by atoms with E-state index in [1.807, 2.05) is 0 Å². The highest BCUT2D eigenvalue weighted by Crippen LogP contribution is 2.23. The molecule has 2 heterocycles. The van der Waals surface area contributed by atoms with Crippen LogP contribution in [0.25, 0.3) is 0 Å². The predicted octanol–water partition coefficient (Wildman–Crippen LogP) is 3.09. The van der Waals surface area contributed by atoms with Crippen molar-refractivity contribution in [1.29, 1.82) is 0 Å². The Morgan fingerprint density at radius 2 is 1.96 bits per heavy atom. The lowest BCUT2D eigenvalue weighted by Crippen LogP contribution is -2.11. The first-order chi connectivity index (χ1) is 12.3. The Morgan fingerprint density at radius 3 is 2.46 bits per heavy atom. The largest absolute Gasteiger partial charge is 0.505 e. The van der Waals surface area contributed by atoms with Crippen LogP contribution in [0, 0.1) is 0 Å². The Labute approximate surface area is 156 Å². The third-order valence-corrected chi connectivity index (χ3v) is 3.50. The number of rotatable bonds is 6. The van der Waals surface area contributed by atoms with E-state index in [-0.39, 0.29) is 23.8 Å². The highest BCUT2D eigenvalue weighted by atomic mass is 79.9. The van der Waals surface area contributed by atoms with E-state index in [0.29, 0.717) is 22.4 Å². The number of aliphatic hydroxyl groups excluding tert-OH is 1. The molecular formula is C16H17BrF2N2O5. The summed E-state index contributed by atoms with van der Waals surface area (Å²) in [4.78, 5) is 17.8. The van der Waals surface area contributed by atoms with Crippen molar-refractivity contribution in [2.24, 2.45) is 0 Å². The molecule has 142 valence electrons. The highest BCUT2D eigenvalue weighted by Gasteiger charge is 2.13. The van der Waals surface area contributed by atoms with Gasteiger partial charge in [0.15, 0.2) is 6.61 Å². The number of carboxylic acid groups (broad SMARTS) is 1. The maximum absolute atomic E-state index is 12.3. The minimum Gasteiger partial charge on any atom is -0.505 e. The molecule has 0 radical (unpaired) electrons. The summed E-state index contributed by atoms with van der Waals surface area (Å²) < 4.78 is 29.9. The first-order valence-electron chi connectivity index (χ1n) is 7.36. The number of aliphatic carboxylic acids is 1. The van der Waals surface area contributed by atoms with Gasteiger partial charge < -0.3 is 20.1 Å². The number of aromatic hydroxyl groups is 1. The number of carbonyl (C=O) groups is 1. The Bertz CT molecular complexity index is 747. The second-order valence-electron chi connectivity index (χ2n) is 4.79. The van der Waals surface area contributed by atoms with Crippen molar-refractivity contribution in [1.82, 2.24) is 9.97 Å². The van der Waals surface area contributed by atoms with Crippen LogP contribution in [0.2, 0.25) is 0 Å². The number of aromatic nitrogens is 2. The summed E-state index contributed by atoms with van der Waals surface area (Å²) in [5.74, 6) is -0.813. The van der Waals surface area contributed by atoms with Crippen LogP contribution in [0.4, 0.5) is 8.78 Å². The number of aryl methyl sites for hydroxylation is 1. The molecule has 0 spiro atoms. The van der Waals surface area contributed by atoms with E-state index in [2.05, 4.69) is 25.9 Å². The second-order valence-corrected chi connectivity index (χ2v) is 5.54. The minimum atomic E-state index is -2.64. The van der Waals surface area contributed by atoms with Crippen molar-refractivity contribution >= 4 is 21.9 Å². The van der Waals surface area contributed by atoms with Gasteiger partial charge in [-0.2, -0.15) is 0 Å². The maximum Gasteiger partial charge on any atom is 0.341 e. The molecule has 2 aromatic heterocycles. The minimum absolute atomic E-state index is 0.0807. The standard InChI is InChI=1S/C10H11F2NO3.C6H6BrNO2/c1-2-6-8(16-5-9(14)15)4-3-7(13-6)10(11)12;7-6-5(10)2-1-4(3-9)8-6/h3-4,10H,2,5H2,1H3,(H,14,15);1-2,9-10H,3H2. The summed E-state index contributed by atoms with van der Waals surface area (Å²) in [6, 6.07) is 5.47. The zero-order valence-electron chi connectivity index (χ0n) is 13.7. The fraction of sp³-hybridized carbons (Fsp3) is 0.312. The van der Waals surface area contributed by atoms with Crippen molar-refractivity contribution in [3.8, 4) is 11.5 Å². The number of alkyl halides is 2. The molecule has 0 unspecified atom stereocenters. The number of hydrogen-bond donors (Lipinski definition) is 3. The van der Waals surface area contributed by atoms with Gasteiger partial charge in [0.2, 0.25) is 0 Å². The highest BCUT2D eigenvalue weighted by molar-refractivity contribution is 9.10. The van der Waals surface area contributed by atoms with Crippen LogP contribution in [0.3, 0.4) is 0 Å². The SMILES string of the molecule is CCc1nc(C(F)F)ccc1OCC(=O)O.OCc1ccc(O)c(Br)n1. The molecule has 0 atom stereocenters. The van der Waals surface area contributed by atoms with Crippen LogP contribution < -0.4 is 4.74 Å². The van der Waals surface area contributed by atoms with Crippen LogP contribution in [-0.4, -0.2) is 37.9 Å². The Balaban J connectivity index is 0.000000289. The summed E-state index contributed by atoms with van der Waals surface area (Å²) in [5, 5.41) is 26.0. The first-order valence-corrected chi connectivity index (χ1v) is 8.15. The van der Waals surface area contributed by atoms with Gasteiger partial charge in [-0.05, 0) is 46.6 Å². The summed E-state index contributed by atoms with van der Waals surface area (Å²) >= 11 is 3.01. The van der Waals surface area contributed by atoms with Crippen LogP contribution in [-0.2, 0) is 17.8 Å². The molecule has 0 fully saturated rings. The number of ether oxygens (including phenoxy) is 1. The summed E-state index contributed by atoms with van der Waals surface area (Å²) in [6.07, 6.45) is -2.24. The topological polar surface area (TPSA) is 113 Å². The number of nitrogens with zero attached hydrogens (tertiary/aromatic N) is 2. The van der Waals surface area contributed by atoms with E-state index in [1.165, 1.54) is 12.1 Å². The third-order valence-electron chi connectivity index (χ3n) is 2.91. The molecule has 2 aromatic rings. The Hall–Kier alpha value is -2.33. The lowest BCUT2D eigenvalue weighted by atomic mass is 10.2. The number of hydrogen-bond acceptors (Lipinski definition) is 6. The quantitative estimate of drug-likeness (QED) is 0.598. The molecule has 0 aliphatic carbocycles. The third kappa shape index (κ3) is 6.89. The molecule has 0 amide bonds. The number of halogens is 3. The van der Waals surface area contributed by atoms with E-state index in [9.17, 15) is 13.6 Å². The normalized spacial score (nSPS) is 10.2. The van der Waals surface area contributed by atoms with Gasteiger partial charge in [0.1, 0.15) is 21.8 Å². The van der Waals surface area contributed by atoms with Crippen LogP contribution in [0.5, 0.6) is 11.5 Å². The molecular weight excluding hydrogens is 418 g/mol. The fourth-order valence-electron chi connectivity index (χ4n) is 1.70. The average molecular weight is 435 g/mol. The lowest BCUT2D eigenvalue weighted by molar-refractivity contribution is -0.139. The van der Waals surface area contributed by atoms with Gasteiger partial charge in [-0.3, -0.25) is 0 Å². The molecule has 3 N–H and O–H groups in total. The lowest BCUT2D eigenvalue weighted by Gasteiger charge is -2.09. The summed E-state index contributed by atoms with van der Waals surface area (Å²) in [6.45, 7) is 1.10. The molecule has 0 aliphatic rings. The van der Waals surface area contributed by atoms with E-state index in [0.717, 1.165) is 6.07 Å².